The molecule has 2 aliphatic rings. The maximum Gasteiger partial charge on any atom is 0.206 e. The van der Waals surface area contributed by atoms with E-state index in [1.54, 1.807) is 24.3 Å². The minimum absolute atomic E-state index is 0.371. The van der Waals surface area contributed by atoms with Crippen LogP contribution in [0.25, 0.3) is 0 Å². The van der Waals surface area contributed by atoms with E-state index in [2.05, 4.69) is 0 Å². The zero-order chi connectivity index (χ0) is 17.3. The second-order valence-corrected chi connectivity index (χ2v) is 12.8. The molecule has 0 N–H and O–H groups in total. The molecule has 2 aliphatic heterocycles. The van der Waals surface area contributed by atoms with E-state index in [-0.39, 0.29) is 0 Å². The van der Waals surface area contributed by atoms with E-state index in [9.17, 15) is 8.42 Å². The van der Waals surface area contributed by atoms with Crippen molar-refractivity contribution in [3.05, 3.63) is 48.5 Å². The van der Waals surface area contributed by atoms with Crippen molar-refractivity contribution < 1.29 is 8.42 Å². The topological polar surface area (TPSA) is 34.1 Å². The van der Waals surface area contributed by atoms with Gasteiger partial charge in [0, 0.05) is 43.3 Å². The van der Waals surface area contributed by atoms with E-state index < -0.39 is 9.84 Å². The van der Waals surface area contributed by atoms with Crippen LogP contribution in [0, 0.1) is 0 Å². The quantitative estimate of drug-likeness (QED) is 0.651. The van der Waals surface area contributed by atoms with Crippen molar-refractivity contribution in [2.24, 2.45) is 0 Å². The molecule has 2 nitrogen and oxygen atoms in total. The molecule has 0 spiro atoms. The first-order valence-corrected chi connectivity index (χ1v) is 13.6. The Labute approximate surface area is 166 Å². The molecule has 0 amide bonds. The number of rotatable bonds is 6. The lowest BCUT2D eigenvalue weighted by Gasteiger charge is -2.24. The molecule has 0 aliphatic carbocycles. The molecule has 2 aromatic carbocycles. The van der Waals surface area contributed by atoms with Crippen molar-refractivity contribution in [3.63, 3.8) is 0 Å². The van der Waals surface area contributed by atoms with E-state index in [1.807, 2.05) is 71.3 Å². The molecule has 0 bridgehead atoms. The molecule has 2 heterocycles. The summed E-state index contributed by atoms with van der Waals surface area (Å²) in [6, 6.07) is 14.7. The SMILES string of the molecule is O=S(=O)(c1ccc(SC2CSC2)cc1)c1ccc(SC2CSC2)cc1. The first-order valence-electron chi connectivity index (χ1n) is 8.05. The molecule has 132 valence electrons. The van der Waals surface area contributed by atoms with Gasteiger partial charge in [-0.15, -0.1) is 23.5 Å². The van der Waals surface area contributed by atoms with Crippen LogP contribution in [0.5, 0.6) is 0 Å². The molecule has 2 aromatic rings. The van der Waals surface area contributed by atoms with Crippen LogP contribution in [0.3, 0.4) is 0 Å². The molecular weight excluding hydrogens is 409 g/mol. The van der Waals surface area contributed by atoms with E-state index in [0.717, 1.165) is 9.79 Å². The lowest BCUT2D eigenvalue weighted by molar-refractivity contribution is 0.596. The fourth-order valence-electron chi connectivity index (χ4n) is 2.48. The molecule has 25 heavy (non-hydrogen) atoms. The van der Waals surface area contributed by atoms with Gasteiger partial charge in [-0.05, 0) is 48.5 Å². The molecule has 0 saturated carbocycles. The lowest BCUT2D eigenvalue weighted by Crippen LogP contribution is -2.20. The number of benzene rings is 2. The Hall–Kier alpha value is -0.210. The lowest BCUT2D eigenvalue weighted by atomic mass is 10.4. The number of thioether (sulfide) groups is 4. The Bertz CT molecular complexity index is 757. The van der Waals surface area contributed by atoms with Gasteiger partial charge in [0.15, 0.2) is 0 Å². The normalized spacial score (nSPS) is 18.6. The molecular formula is C18H18O2S5. The molecule has 4 rings (SSSR count). The smallest absolute Gasteiger partial charge is 0.206 e. The first-order chi connectivity index (χ1) is 12.1. The summed E-state index contributed by atoms with van der Waals surface area (Å²) in [5, 5.41) is 1.35. The summed E-state index contributed by atoms with van der Waals surface area (Å²) in [5.74, 6) is 4.76. The monoisotopic (exact) mass is 426 g/mol. The van der Waals surface area contributed by atoms with Crippen LogP contribution >= 0.6 is 47.0 Å². The average molecular weight is 427 g/mol. The molecule has 0 radical (unpaired) electrons. The molecule has 0 unspecified atom stereocenters. The highest BCUT2D eigenvalue weighted by Crippen LogP contribution is 2.36. The second-order valence-electron chi connectivity index (χ2n) is 6.00. The van der Waals surface area contributed by atoms with Gasteiger partial charge < -0.3 is 0 Å². The summed E-state index contributed by atoms with van der Waals surface area (Å²) < 4.78 is 25.6. The maximum absolute atomic E-state index is 12.8. The summed E-state index contributed by atoms with van der Waals surface area (Å²) in [6.45, 7) is 0. The van der Waals surface area contributed by atoms with Gasteiger partial charge in [0.2, 0.25) is 9.84 Å². The second kappa shape index (κ2) is 7.80. The van der Waals surface area contributed by atoms with Gasteiger partial charge in [-0.3, -0.25) is 0 Å². The third-order valence-corrected chi connectivity index (χ3v) is 11.7. The van der Waals surface area contributed by atoms with Crippen LogP contribution in [-0.4, -0.2) is 41.9 Å². The van der Waals surface area contributed by atoms with Crippen molar-refractivity contribution in [1.29, 1.82) is 0 Å². The van der Waals surface area contributed by atoms with Crippen molar-refractivity contribution in [1.82, 2.24) is 0 Å². The molecule has 2 fully saturated rings. The third kappa shape index (κ3) is 4.21. The third-order valence-electron chi connectivity index (χ3n) is 4.09. The molecule has 2 saturated heterocycles. The predicted octanol–water partition coefficient (Wildman–Crippen LogP) is 4.93. The van der Waals surface area contributed by atoms with Crippen LogP contribution in [0.2, 0.25) is 0 Å². The van der Waals surface area contributed by atoms with Crippen molar-refractivity contribution >= 4 is 56.9 Å². The summed E-state index contributed by atoms with van der Waals surface area (Å²) in [5.41, 5.74) is 0. The molecule has 0 atom stereocenters. The Kier molecular flexibility index (Phi) is 5.67. The standard InChI is InChI=1S/C18H18O2S5/c19-25(20,17-5-1-13(2-6-17)23-15-9-21-10-15)18-7-3-14(4-8-18)24-16-11-22-12-16/h1-8,15-16H,9-12H2. The zero-order valence-corrected chi connectivity index (χ0v) is 17.5. The Morgan fingerprint density at radius 3 is 1.32 bits per heavy atom. The van der Waals surface area contributed by atoms with Crippen molar-refractivity contribution in [2.75, 3.05) is 23.0 Å². The van der Waals surface area contributed by atoms with Crippen molar-refractivity contribution in [3.8, 4) is 0 Å². The average Bonchev–Trinajstić information content (AvgIpc) is 2.55. The van der Waals surface area contributed by atoms with E-state index in [0.29, 0.717) is 20.3 Å². The highest BCUT2D eigenvalue weighted by Gasteiger charge is 2.22. The van der Waals surface area contributed by atoms with Gasteiger partial charge in [0.25, 0.3) is 0 Å². The van der Waals surface area contributed by atoms with Gasteiger partial charge in [-0.1, -0.05) is 0 Å². The number of sulfone groups is 1. The Morgan fingerprint density at radius 1 is 0.680 bits per heavy atom. The fraction of sp³-hybridized carbons (Fsp3) is 0.333. The van der Waals surface area contributed by atoms with Gasteiger partial charge in [-0.2, -0.15) is 23.5 Å². The predicted molar refractivity (Wildman–Crippen MR) is 112 cm³/mol. The number of hydrogen-bond donors (Lipinski definition) is 0. The van der Waals surface area contributed by atoms with Gasteiger partial charge in [0.05, 0.1) is 9.79 Å². The Balaban J connectivity index is 1.47. The highest BCUT2D eigenvalue weighted by molar-refractivity contribution is 8.07. The van der Waals surface area contributed by atoms with Gasteiger partial charge in [-0.25, -0.2) is 8.42 Å². The summed E-state index contributed by atoms with van der Waals surface area (Å²) in [4.78, 5) is 3.04. The maximum atomic E-state index is 12.8. The van der Waals surface area contributed by atoms with Gasteiger partial charge >= 0.3 is 0 Å². The summed E-state index contributed by atoms with van der Waals surface area (Å²) in [6.07, 6.45) is 0. The van der Waals surface area contributed by atoms with E-state index >= 15 is 0 Å². The Morgan fingerprint density at radius 2 is 1.04 bits per heavy atom. The van der Waals surface area contributed by atoms with Crippen LogP contribution in [-0.2, 0) is 9.84 Å². The van der Waals surface area contributed by atoms with Crippen LogP contribution in [0.4, 0.5) is 0 Å². The van der Waals surface area contributed by atoms with Crippen molar-refractivity contribution in [2.45, 2.75) is 30.1 Å². The van der Waals surface area contributed by atoms with Gasteiger partial charge in [0.1, 0.15) is 0 Å². The zero-order valence-electron chi connectivity index (χ0n) is 13.5. The first kappa shape index (κ1) is 18.2. The fourth-order valence-corrected chi connectivity index (χ4v) is 8.20. The molecule has 0 aromatic heterocycles. The van der Waals surface area contributed by atoms with E-state index in [1.165, 1.54) is 23.0 Å². The van der Waals surface area contributed by atoms with E-state index in [4.69, 9.17) is 0 Å². The van der Waals surface area contributed by atoms with Crippen LogP contribution in [0.1, 0.15) is 0 Å². The summed E-state index contributed by atoms with van der Waals surface area (Å²) >= 11 is 7.60. The highest BCUT2D eigenvalue weighted by atomic mass is 32.2. The minimum atomic E-state index is -3.44. The van der Waals surface area contributed by atoms with Crippen LogP contribution < -0.4 is 0 Å². The molecule has 7 heteroatoms. The summed E-state index contributed by atoms with van der Waals surface area (Å²) in [7, 11) is -3.44. The largest absolute Gasteiger partial charge is 0.219 e. The van der Waals surface area contributed by atoms with Crippen LogP contribution in [0.15, 0.2) is 68.1 Å². The minimum Gasteiger partial charge on any atom is -0.219 e. The number of hydrogen-bond acceptors (Lipinski definition) is 6.